The normalized spacial score (nSPS) is 10.1. The van der Waals surface area contributed by atoms with Gasteiger partial charge in [-0.3, -0.25) is 0 Å². The lowest BCUT2D eigenvalue weighted by molar-refractivity contribution is 0.0520. The minimum absolute atomic E-state index is 0.0434. The zero-order valence-electron chi connectivity index (χ0n) is 15.3. The Bertz CT molecular complexity index is 827. The molecule has 0 saturated carbocycles. The van der Waals surface area contributed by atoms with E-state index in [1.54, 1.807) is 31.2 Å². The average molecular weight is 426 g/mol. The van der Waals surface area contributed by atoms with E-state index in [0.717, 1.165) is 22.8 Å². The van der Waals surface area contributed by atoms with Gasteiger partial charge in [-0.15, -0.1) is 11.3 Å². The highest BCUT2D eigenvalue weighted by Crippen LogP contribution is 2.21. The van der Waals surface area contributed by atoms with Crippen molar-refractivity contribution < 1.29 is 19.1 Å². The molecule has 0 radical (unpaired) electrons. The average Bonchev–Trinajstić information content (AvgIpc) is 3.16. The van der Waals surface area contributed by atoms with E-state index < -0.39 is 18.0 Å². The van der Waals surface area contributed by atoms with Gasteiger partial charge in [0.05, 0.1) is 6.61 Å². The summed E-state index contributed by atoms with van der Waals surface area (Å²) < 4.78 is 4.90. The fraction of sp³-hybridized carbons (Fsp3) is 0.294. The predicted molar refractivity (Wildman–Crippen MR) is 108 cm³/mol. The standard InChI is InChI=1S/C17H20ClN5O4S/c1-3-9-19-15(25)22-23(16(26)20-12-7-5-11(18)6-8-12)17-21-13(10-28-17)14(24)27-4-2/h5-8,10H,3-4,9H2,1-2H3,(H,20,26)(H2,19,22,25). The summed E-state index contributed by atoms with van der Waals surface area (Å²) in [7, 11) is 0. The Morgan fingerprint density at radius 3 is 2.57 bits per heavy atom. The van der Waals surface area contributed by atoms with E-state index in [1.807, 2.05) is 6.92 Å². The molecule has 150 valence electrons. The fourth-order valence-corrected chi connectivity index (χ4v) is 2.82. The highest BCUT2D eigenvalue weighted by Gasteiger charge is 2.23. The molecule has 9 nitrogen and oxygen atoms in total. The molecule has 0 aliphatic carbocycles. The van der Waals surface area contributed by atoms with Gasteiger partial charge in [0, 0.05) is 22.6 Å². The number of halogens is 1. The Kier molecular flexibility index (Phi) is 8.02. The van der Waals surface area contributed by atoms with Crippen LogP contribution >= 0.6 is 22.9 Å². The van der Waals surface area contributed by atoms with Crippen molar-refractivity contribution in [2.45, 2.75) is 20.3 Å². The minimum Gasteiger partial charge on any atom is -0.461 e. The lowest BCUT2D eigenvalue weighted by Crippen LogP contribution is -2.52. The van der Waals surface area contributed by atoms with Crippen molar-refractivity contribution >= 4 is 51.8 Å². The lowest BCUT2D eigenvalue weighted by Gasteiger charge is -2.21. The number of esters is 1. The first-order valence-electron chi connectivity index (χ1n) is 8.48. The van der Waals surface area contributed by atoms with E-state index in [-0.39, 0.29) is 17.4 Å². The number of hydrogen-bond donors (Lipinski definition) is 3. The van der Waals surface area contributed by atoms with Crippen molar-refractivity contribution in [3.05, 3.63) is 40.4 Å². The molecule has 1 aromatic carbocycles. The summed E-state index contributed by atoms with van der Waals surface area (Å²) in [5, 5.41) is 8.22. The molecule has 0 aliphatic rings. The van der Waals surface area contributed by atoms with Gasteiger partial charge in [-0.1, -0.05) is 18.5 Å². The maximum atomic E-state index is 12.7. The molecule has 4 amide bonds. The highest BCUT2D eigenvalue weighted by atomic mass is 35.5. The summed E-state index contributed by atoms with van der Waals surface area (Å²) in [6.07, 6.45) is 0.731. The molecule has 1 aromatic heterocycles. The lowest BCUT2D eigenvalue weighted by atomic mass is 10.3. The smallest absolute Gasteiger partial charge is 0.357 e. The van der Waals surface area contributed by atoms with E-state index in [1.165, 1.54) is 5.38 Å². The van der Waals surface area contributed by atoms with Gasteiger partial charge in [0.15, 0.2) is 5.69 Å². The number of thiazole rings is 1. The number of nitrogens with zero attached hydrogens (tertiary/aromatic N) is 2. The zero-order valence-corrected chi connectivity index (χ0v) is 16.9. The van der Waals surface area contributed by atoms with Gasteiger partial charge in [0.25, 0.3) is 0 Å². The van der Waals surface area contributed by atoms with Gasteiger partial charge in [-0.25, -0.2) is 24.8 Å². The molecule has 0 bridgehead atoms. The molecule has 3 N–H and O–H groups in total. The monoisotopic (exact) mass is 425 g/mol. The topological polar surface area (TPSA) is 113 Å². The molecule has 0 fully saturated rings. The number of hydrogen-bond acceptors (Lipinski definition) is 6. The number of carbonyl (C=O) groups is 3. The van der Waals surface area contributed by atoms with Gasteiger partial charge in [-0.05, 0) is 37.6 Å². The highest BCUT2D eigenvalue weighted by molar-refractivity contribution is 7.14. The number of ether oxygens (including phenoxy) is 1. The number of carbonyl (C=O) groups excluding carboxylic acids is 3. The SMILES string of the molecule is CCCNC(=O)NN(C(=O)Nc1ccc(Cl)cc1)c1nc(C(=O)OCC)cs1. The van der Waals surface area contributed by atoms with Gasteiger partial charge in [-0.2, -0.15) is 5.01 Å². The molecule has 0 atom stereocenters. The van der Waals surface area contributed by atoms with Gasteiger partial charge in [0.1, 0.15) is 0 Å². The molecule has 1 heterocycles. The second-order valence-corrected chi connectivity index (χ2v) is 6.65. The number of rotatable bonds is 6. The van der Waals surface area contributed by atoms with Crippen LogP contribution in [0.4, 0.5) is 20.4 Å². The fourth-order valence-electron chi connectivity index (χ4n) is 1.94. The third-order valence-electron chi connectivity index (χ3n) is 3.22. The zero-order chi connectivity index (χ0) is 20.5. The van der Waals surface area contributed by atoms with Crippen LogP contribution in [0.3, 0.4) is 0 Å². The maximum absolute atomic E-state index is 12.7. The number of amides is 4. The van der Waals surface area contributed by atoms with Crippen LogP contribution in [0, 0.1) is 0 Å². The van der Waals surface area contributed by atoms with Crippen molar-refractivity contribution in [1.29, 1.82) is 0 Å². The Morgan fingerprint density at radius 2 is 1.93 bits per heavy atom. The molecule has 2 aromatic rings. The van der Waals surface area contributed by atoms with Crippen molar-refractivity contribution in [2.75, 3.05) is 23.5 Å². The number of hydrazine groups is 1. The largest absolute Gasteiger partial charge is 0.461 e. The second-order valence-electron chi connectivity index (χ2n) is 5.38. The first-order valence-corrected chi connectivity index (χ1v) is 9.74. The molecule has 2 rings (SSSR count). The summed E-state index contributed by atoms with van der Waals surface area (Å²) in [6.45, 7) is 4.21. The number of urea groups is 2. The van der Waals surface area contributed by atoms with Crippen LogP contribution in [-0.4, -0.2) is 36.2 Å². The Morgan fingerprint density at radius 1 is 1.21 bits per heavy atom. The van der Waals surface area contributed by atoms with Crippen LogP contribution in [0.2, 0.25) is 5.02 Å². The van der Waals surface area contributed by atoms with E-state index in [2.05, 4.69) is 21.0 Å². The quantitative estimate of drug-likeness (QED) is 0.483. The van der Waals surface area contributed by atoms with Crippen LogP contribution in [-0.2, 0) is 4.74 Å². The molecular formula is C17H20ClN5O4S. The Balaban J connectivity index is 2.20. The van der Waals surface area contributed by atoms with E-state index >= 15 is 0 Å². The maximum Gasteiger partial charge on any atom is 0.357 e. The molecule has 11 heteroatoms. The predicted octanol–water partition coefficient (Wildman–Crippen LogP) is 3.64. The van der Waals surface area contributed by atoms with Crippen LogP contribution < -0.4 is 21.1 Å². The van der Waals surface area contributed by atoms with Crippen LogP contribution in [0.25, 0.3) is 0 Å². The van der Waals surface area contributed by atoms with Crippen LogP contribution in [0.1, 0.15) is 30.8 Å². The van der Waals surface area contributed by atoms with Gasteiger partial charge >= 0.3 is 18.0 Å². The summed E-state index contributed by atoms with van der Waals surface area (Å²) in [5.41, 5.74) is 2.94. The summed E-state index contributed by atoms with van der Waals surface area (Å²) in [4.78, 5) is 40.7. The number of benzene rings is 1. The second kappa shape index (κ2) is 10.5. The van der Waals surface area contributed by atoms with Crippen molar-refractivity contribution in [3.63, 3.8) is 0 Å². The Hall–Kier alpha value is -2.85. The molecule has 0 spiro atoms. The summed E-state index contributed by atoms with van der Waals surface area (Å²) in [5.74, 6) is -0.613. The Labute approximate surface area is 171 Å². The number of nitrogens with one attached hydrogen (secondary N) is 3. The number of aromatic nitrogens is 1. The minimum atomic E-state index is -0.668. The summed E-state index contributed by atoms with van der Waals surface area (Å²) in [6, 6.07) is 5.21. The third kappa shape index (κ3) is 6.10. The molecule has 0 aliphatic heterocycles. The molecule has 0 unspecified atom stereocenters. The molecule has 28 heavy (non-hydrogen) atoms. The molecule has 0 saturated heterocycles. The molecular weight excluding hydrogens is 406 g/mol. The van der Waals surface area contributed by atoms with Gasteiger partial charge in [0.2, 0.25) is 5.13 Å². The van der Waals surface area contributed by atoms with Crippen molar-refractivity contribution in [3.8, 4) is 0 Å². The van der Waals surface area contributed by atoms with Crippen molar-refractivity contribution in [2.24, 2.45) is 0 Å². The first kappa shape index (κ1) is 21.5. The number of anilines is 2. The third-order valence-corrected chi connectivity index (χ3v) is 4.29. The van der Waals surface area contributed by atoms with Gasteiger partial charge < -0.3 is 15.4 Å². The van der Waals surface area contributed by atoms with E-state index in [9.17, 15) is 14.4 Å². The van der Waals surface area contributed by atoms with Crippen molar-refractivity contribution in [1.82, 2.24) is 15.7 Å². The summed E-state index contributed by atoms with van der Waals surface area (Å²) >= 11 is 6.85. The van der Waals surface area contributed by atoms with Crippen LogP contribution in [0.5, 0.6) is 0 Å². The van der Waals surface area contributed by atoms with E-state index in [4.69, 9.17) is 16.3 Å². The van der Waals surface area contributed by atoms with E-state index in [0.29, 0.717) is 17.3 Å². The van der Waals surface area contributed by atoms with Crippen LogP contribution in [0.15, 0.2) is 29.6 Å². The first-order chi connectivity index (χ1) is 13.4.